The molecule has 3 rings (SSSR count). The molecule has 2 heterocycles. The van der Waals surface area contributed by atoms with Crippen LogP contribution in [0.2, 0.25) is 0 Å². The number of aromatic nitrogens is 2. The fourth-order valence-electron chi connectivity index (χ4n) is 2.25. The Morgan fingerprint density at radius 1 is 1.24 bits per heavy atom. The first kappa shape index (κ1) is 13.2. The molecule has 0 saturated heterocycles. The molecule has 0 unspecified atom stereocenters. The van der Waals surface area contributed by atoms with Crippen molar-refractivity contribution in [3.8, 4) is 0 Å². The van der Waals surface area contributed by atoms with Gasteiger partial charge in [-0.2, -0.15) is 0 Å². The van der Waals surface area contributed by atoms with Crippen LogP contribution in [0.3, 0.4) is 0 Å². The van der Waals surface area contributed by atoms with E-state index in [2.05, 4.69) is 15.3 Å². The molecular weight excluding hydrogens is 264 g/mol. The smallest absolute Gasteiger partial charge is 0.267 e. The maximum Gasteiger partial charge on any atom is 0.267 e. The molecule has 106 valence electrons. The normalized spacial score (nSPS) is 10.7. The number of benzene rings is 1. The van der Waals surface area contributed by atoms with Gasteiger partial charge >= 0.3 is 0 Å². The van der Waals surface area contributed by atoms with Crippen molar-refractivity contribution in [3.63, 3.8) is 0 Å². The highest BCUT2D eigenvalue weighted by atomic mass is 16.1. The minimum absolute atomic E-state index is 0.137. The molecule has 5 nitrogen and oxygen atoms in total. The highest BCUT2D eigenvalue weighted by Crippen LogP contribution is 2.20. The second-order valence-electron chi connectivity index (χ2n) is 4.82. The van der Waals surface area contributed by atoms with Gasteiger partial charge in [0.1, 0.15) is 5.69 Å². The van der Waals surface area contributed by atoms with Crippen molar-refractivity contribution in [2.75, 3.05) is 12.3 Å². The van der Waals surface area contributed by atoms with Crippen LogP contribution in [0.1, 0.15) is 16.2 Å². The molecule has 0 radical (unpaired) electrons. The van der Waals surface area contributed by atoms with Crippen LogP contribution in [0, 0.1) is 0 Å². The average molecular weight is 280 g/mol. The van der Waals surface area contributed by atoms with Gasteiger partial charge in [-0.1, -0.05) is 18.2 Å². The Morgan fingerprint density at radius 2 is 2.14 bits per heavy atom. The SMILES string of the molecule is Nc1cccc2cc(C(=O)NCCc3ccccn3)[nH]c12. The van der Waals surface area contributed by atoms with Crippen molar-refractivity contribution in [2.45, 2.75) is 6.42 Å². The molecule has 1 aromatic carbocycles. The molecule has 21 heavy (non-hydrogen) atoms. The number of nitrogens with one attached hydrogen (secondary N) is 2. The first-order valence-electron chi connectivity index (χ1n) is 6.79. The molecule has 4 N–H and O–H groups in total. The van der Waals surface area contributed by atoms with Gasteiger partial charge in [0.25, 0.3) is 5.91 Å². The number of fused-ring (bicyclic) bond motifs is 1. The Hall–Kier alpha value is -2.82. The summed E-state index contributed by atoms with van der Waals surface area (Å²) in [6, 6.07) is 13.2. The maximum absolute atomic E-state index is 12.1. The lowest BCUT2D eigenvalue weighted by Gasteiger charge is -2.03. The molecule has 0 spiro atoms. The lowest BCUT2D eigenvalue weighted by molar-refractivity contribution is 0.0950. The highest BCUT2D eigenvalue weighted by molar-refractivity contribution is 6.00. The zero-order chi connectivity index (χ0) is 14.7. The van der Waals surface area contributed by atoms with Crippen molar-refractivity contribution in [1.82, 2.24) is 15.3 Å². The number of carbonyl (C=O) groups excluding carboxylic acids is 1. The van der Waals surface area contributed by atoms with Gasteiger partial charge < -0.3 is 16.0 Å². The number of amides is 1. The second kappa shape index (κ2) is 5.66. The highest BCUT2D eigenvalue weighted by Gasteiger charge is 2.10. The number of aromatic amines is 1. The number of para-hydroxylation sites is 1. The summed E-state index contributed by atoms with van der Waals surface area (Å²) in [7, 11) is 0. The minimum Gasteiger partial charge on any atom is -0.397 e. The number of carbonyl (C=O) groups is 1. The molecular formula is C16H16N4O. The van der Waals surface area contributed by atoms with E-state index in [0.29, 0.717) is 24.3 Å². The number of nitrogens with two attached hydrogens (primary N) is 1. The average Bonchev–Trinajstić information content (AvgIpc) is 2.94. The Morgan fingerprint density at radius 3 is 2.90 bits per heavy atom. The van der Waals surface area contributed by atoms with Crippen molar-refractivity contribution >= 4 is 22.5 Å². The van der Waals surface area contributed by atoms with Gasteiger partial charge in [-0.3, -0.25) is 9.78 Å². The van der Waals surface area contributed by atoms with Gasteiger partial charge in [0.05, 0.1) is 11.2 Å². The number of rotatable bonds is 4. The van der Waals surface area contributed by atoms with E-state index in [1.165, 1.54) is 0 Å². The van der Waals surface area contributed by atoms with E-state index in [0.717, 1.165) is 16.6 Å². The third-order valence-electron chi connectivity index (χ3n) is 3.33. The van der Waals surface area contributed by atoms with Gasteiger partial charge in [-0.05, 0) is 24.3 Å². The van der Waals surface area contributed by atoms with Crippen molar-refractivity contribution in [1.29, 1.82) is 0 Å². The lowest BCUT2D eigenvalue weighted by Crippen LogP contribution is -2.26. The lowest BCUT2D eigenvalue weighted by atomic mass is 10.2. The van der Waals surface area contributed by atoms with Crippen LogP contribution >= 0.6 is 0 Å². The largest absolute Gasteiger partial charge is 0.397 e. The number of nitrogens with zero attached hydrogens (tertiary/aromatic N) is 1. The third-order valence-corrected chi connectivity index (χ3v) is 3.33. The molecule has 0 fully saturated rings. The summed E-state index contributed by atoms with van der Waals surface area (Å²) in [6.07, 6.45) is 2.45. The Labute approximate surface area is 122 Å². The van der Waals surface area contributed by atoms with Crippen LogP contribution < -0.4 is 11.1 Å². The second-order valence-corrected chi connectivity index (χ2v) is 4.82. The standard InChI is InChI=1S/C16H16N4O/c17-13-6-3-4-11-10-14(20-15(11)13)16(21)19-9-7-12-5-1-2-8-18-12/h1-6,8,10,20H,7,9,17H2,(H,19,21). The van der Waals surface area contributed by atoms with Crippen LogP contribution in [0.25, 0.3) is 10.9 Å². The summed E-state index contributed by atoms with van der Waals surface area (Å²) >= 11 is 0. The number of hydrogen-bond acceptors (Lipinski definition) is 3. The summed E-state index contributed by atoms with van der Waals surface area (Å²) in [5, 5.41) is 3.81. The van der Waals surface area contributed by atoms with Gasteiger partial charge in [0, 0.05) is 30.2 Å². The predicted molar refractivity (Wildman–Crippen MR) is 83.0 cm³/mol. The van der Waals surface area contributed by atoms with Gasteiger partial charge in [0.15, 0.2) is 0 Å². The predicted octanol–water partition coefficient (Wildman–Crippen LogP) is 2.12. The fourth-order valence-corrected chi connectivity index (χ4v) is 2.25. The number of pyridine rings is 1. The minimum atomic E-state index is -0.137. The molecule has 0 bridgehead atoms. The summed E-state index contributed by atoms with van der Waals surface area (Å²) < 4.78 is 0. The Balaban J connectivity index is 1.65. The first-order valence-corrected chi connectivity index (χ1v) is 6.79. The van der Waals surface area contributed by atoms with E-state index in [1.54, 1.807) is 6.20 Å². The molecule has 1 amide bonds. The molecule has 0 saturated carbocycles. The number of anilines is 1. The summed E-state index contributed by atoms with van der Waals surface area (Å²) in [6.45, 7) is 0.542. The first-order chi connectivity index (χ1) is 10.2. The molecule has 0 aliphatic rings. The number of nitrogen functional groups attached to an aromatic ring is 1. The van der Waals surface area contributed by atoms with E-state index < -0.39 is 0 Å². The van der Waals surface area contributed by atoms with E-state index in [1.807, 2.05) is 42.5 Å². The van der Waals surface area contributed by atoms with E-state index >= 15 is 0 Å². The maximum atomic E-state index is 12.1. The topological polar surface area (TPSA) is 83.8 Å². The molecule has 0 aliphatic heterocycles. The van der Waals surface area contributed by atoms with E-state index in [-0.39, 0.29) is 5.91 Å². The van der Waals surface area contributed by atoms with E-state index in [9.17, 15) is 4.79 Å². The van der Waals surface area contributed by atoms with Gasteiger partial charge in [0.2, 0.25) is 0 Å². The number of hydrogen-bond donors (Lipinski definition) is 3. The third kappa shape index (κ3) is 2.86. The Bertz CT molecular complexity index is 764. The zero-order valence-electron chi connectivity index (χ0n) is 11.5. The van der Waals surface area contributed by atoms with Crippen LogP contribution in [-0.4, -0.2) is 22.4 Å². The van der Waals surface area contributed by atoms with Crippen molar-refractivity contribution < 1.29 is 4.79 Å². The molecule has 5 heteroatoms. The van der Waals surface area contributed by atoms with Gasteiger partial charge in [-0.15, -0.1) is 0 Å². The monoisotopic (exact) mass is 280 g/mol. The zero-order valence-corrected chi connectivity index (χ0v) is 11.5. The van der Waals surface area contributed by atoms with E-state index in [4.69, 9.17) is 5.73 Å². The Kier molecular flexibility index (Phi) is 3.55. The van der Waals surface area contributed by atoms with Crippen molar-refractivity contribution in [3.05, 3.63) is 60.0 Å². The summed E-state index contributed by atoms with van der Waals surface area (Å²) in [4.78, 5) is 19.4. The number of H-pyrrole nitrogens is 1. The molecule has 2 aromatic heterocycles. The van der Waals surface area contributed by atoms with Gasteiger partial charge in [-0.25, -0.2) is 0 Å². The summed E-state index contributed by atoms with van der Waals surface area (Å²) in [5.74, 6) is -0.137. The van der Waals surface area contributed by atoms with Crippen LogP contribution in [0.5, 0.6) is 0 Å². The molecule has 3 aromatic rings. The molecule has 0 aliphatic carbocycles. The van der Waals surface area contributed by atoms with Crippen LogP contribution in [0.15, 0.2) is 48.7 Å². The quantitative estimate of drug-likeness (QED) is 0.640. The van der Waals surface area contributed by atoms with Crippen molar-refractivity contribution in [2.24, 2.45) is 0 Å². The van der Waals surface area contributed by atoms with Crippen LogP contribution in [-0.2, 0) is 6.42 Å². The fraction of sp³-hybridized carbons (Fsp3) is 0.125. The van der Waals surface area contributed by atoms with Crippen LogP contribution in [0.4, 0.5) is 5.69 Å². The summed E-state index contributed by atoms with van der Waals surface area (Å²) in [5.41, 5.74) is 8.79. The molecule has 0 atom stereocenters.